The molecule has 0 atom stereocenters. The molecule has 3 N–H and O–H groups in total. The fraction of sp³-hybridized carbons (Fsp3) is 0.190. The Morgan fingerprint density at radius 3 is 2.73 bits per heavy atom. The van der Waals surface area contributed by atoms with Crippen LogP contribution in [0.3, 0.4) is 0 Å². The topological polar surface area (TPSA) is 99.0 Å². The molecule has 0 spiro atoms. The van der Waals surface area contributed by atoms with Gasteiger partial charge in [-0.3, -0.25) is 4.98 Å². The standard InChI is InChI=1S/C21H23N7OS/c1-28(12-15-6-4-3-5-7-15)13-16(10-22)18-11-23-17-8-9-19(26-20(17)25-18)27-21(30)24-14-29-2/h3-11,13,22H,12,14H2,1-2H3,(H2,24,25,26,27,30)/b16-13+,22-10?. The molecule has 0 aliphatic carbocycles. The summed E-state index contributed by atoms with van der Waals surface area (Å²) >= 11 is 5.19. The van der Waals surface area contributed by atoms with Crippen LogP contribution >= 0.6 is 12.2 Å². The summed E-state index contributed by atoms with van der Waals surface area (Å²) in [6.45, 7) is 1.02. The van der Waals surface area contributed by atoms with Gasteiger partial charge in [-0.25, -0.2) is 9.97 Å². The van der Waals surface area contributed by atoms with Crippen LogP contribution in [0.4, 0.5) is 5.82 Å². The van der Waals surface area contributed by atoms with Crippen molar-refractivity contribution in [3.63, 3.8) is 0 Å². The summed E-state index contributed by atoms with van der Waals surface area (Å²) in [6, 6.07) is 13.7. The van der Waals surface area contributed by atoms with Crippen LogP contribution in [0.1, 0.15) is 11.3 Å². The molecule has 154 valence electrons. The third-order valence-electron chi connectivity index (χ3n) is 4.11. The average molecular weight is 422 g/mol. The van der Waals surface area contributed by atoms with E-state index in [9.17, 15) is 0 Å². The minimum atomic E-state index is 0.299. The van der Waals surface area contributed by atoms with Crippen LogP contribution in [-0.2, 0) is 11.3 Å². The van der Waals surface area contributed by atoms with Gasteiger partial charge in [0.05, 0.1) is 11.9 Å². The molecule has 0 aliphatic heterocycles. The number of benzene rings is 1. The highest BCUT2D eigenvalue weighted by Gasteiger charge is 2.08. The van der Waals surface area contributed by atoms with Crippen molar-refractivity contribution in [2.24, 2.45) is 0 Å². The van der Waals surface area contributed by atoms with E-state index in [0.29, 0.717) is 40.1 Å². The van der Waals surface area contributed by atoms with Gasteiger partial charge in [0.1, 0.15) is 18.1 Å². The predicted molar refractivity (Wildman–Crippen MR) is 123 cm³/mol. The molecule has 0 saturated carbocycles. The second kappa shape index (κ2) is 10.4. The lowest BCUT2D eigenvalue weighted by Gasteiger charge is -2.15. The van der Waals surface area contributed by atoms with E-state index in [0.717, 1.165) is 6.54 Å². The molecule has 8 nitrogen and oxygen atoms in total. The van der Waals surface area contributed by atoms with Gasteiger partial charge in [0.2, 0.25) is 0 Å². The Hall–Kier alpha value is -3.43. The van der Waals surface area contributed by atoms with Crippen molar-refractivity contribution in [2.75, 3.05) is 26.2 Å². The lowest BCUT2D eigenvalue weighted by molar-refractivity contribution is 0.192. The van der Waals surface area contributed by atoms with E-state index in [1.807, 2.05) is 42.4 Å². The summed E-state index contributed by atoms with van der Waals surface area (Å²) in [6.07, 6.45) is 4.79. The molecular weight excluding hydrogens is 398 g/mol. The lowest BCUT2D eigenvalue weighted by atomic mass is 10.2. The monoisotopic (exact) mass is 421 g/mol. The van der Waals surface area contributed by atoms with E-state index in [1.54, 1.807) is 19.4 Å². The number of hydrogen-bond acceptors (Lipinski definition) is 7. The van der Waals surface area contributed by atoms with Crippen molar-refractivity contribution < 1.29 is 4.74 Å². The fourth-order valence-electron chi connectivity index (χ4n) is 2.74. The van der Waals surface area contributed by atoms with Crippen LogP contribution in [0, 0.1) is 5.41 Å². The van der Waals surface area contributed by atoms with Gasteiger partial charge in [0.25, 0.3) is 0 Å². The third kappa shape index (κ3) is 5.79. The van der Waals surface area contributed by atoms with Gasteiger partial charge < -0.3 is 25.7 Å². The molecule has 3 aromatic rings. The zero-order chi connectivity index (χ0) is 21.3. The van der Waals surface area contributed by atoms with Crippen LogP contribution in [0.5, 0.6) is 0 Å². The van der Waals surface area contributed by atoms with Gasteiger partial charge in [-0.2, -0.15) is 0 Å². The SMILES string of the molecule is COCNC(=S)Nc1ccc2ncc(/C(C=N)=C/N(C)Cc3ccccc3)nc2n1. The van der Waals surface area contributed by atoms with Crippen LogP contribution in [0.15, 0.2) is 54.9 Å². The van der Waals surface area contributed by atoms with E-state index in [2.05, 4.69) is 37.7 Å². The molecule has 0 unspecified atom stereocenters. The van der Waals surface area contributed by atoms with Gasteiger partial charge in [0, 0.05) is 38.7 Å². The molecule has 0 fully saturated rings. The highest BCUT2D eigenvalue weighted by Crippen LogP contribution is 2.16. The number of allylic oxidation sites excluding steroid dienone is 1. The molecule has 0 saturated heterocycles. The number of rotatable bonds is 8. The molecule has 0 amide bonds. The Kier molecular flexibility index (Phi) is 7.36. The van der Waals surface area contributed by atoms with Crippen molar-refractivity contribution in [3.8, 4) is 0 Å². The smallest absolute Gasteiger partial charge is 0.180 e. The first-order valence-corrected chi connectivity index (χ1v) is 9.64. The quantitative estimate of drug-likeness (QED) is 0.290. The number of fused-ring (bicyclic) bond motifs is 1. The molecule has 3 rings (SSSR count). The lowest BCUT2D eigenvalue weighted by Crippen LogP contribution is -2.30. The minimum absolute atomic E-state index is 0.299. The van der Waals surface area contributed by atoms with Gasteiger partial charge in [0.15, 0.2) is 10.8 Å². The third-order valence-corrected chi connectivity index (χ3v) is 4.36. The summed E-state index contributed by atoms with van der Waals surface area (Å²) in [4.78, 5) is 15.5. The number of nitrogens with one attached hydrogen (secondary N) is 3. The van der Waals surface area contributed by atoms with Crippen molar-refractivity contribution in [1.82, 2.24) is 25.2 Å². The Labute approximate surface area is 180 Å². The number of thiocarbonyl (C=S) groups is 1. The highest BCUT2D eigenvalue weighted by atomic mass is 32.1. The molecule has 2 heterocycles. The zero-order valence-corrected chi connectivity index (χ0v) is 17.6. The summed E-state index contributed by atoms with van der Waals surface area (Å²) in [5.74, 6) is 0.545. The van der Waals surface area contributed by atoms with Gasteiger partial charge in [-0.05, 0) is 29.9 Å². The molecule has 0 radical (unpaired) electrons. The van der Waals surface area contributed by atoms with E-state index < -0.39 is 0 Å². The van der Waals surface area contributed by atoms with Crippen molar-refractivity contribution in [1.29, 1.82) is 5.41 Å². The first-order chi connectivity index (χ1) is 14.6. The summed E-state index contributed by atoms with van der Waals surface area (Å²) < 4.78 is 4.93. The average Bonchev–Trinajstić information content (AvgIpc) is 2.76. The van der Waals surface area contributed by atoms with Crippen molar-refractivity contribution in [3.05, 3.63) is 66.1 Å². The van der Waals surface area contributed by atoms with E-state index in [1.165, 1.54) is 11.8 Å². The number of pyridine rings is 1. The van der Waals surface area contributed by atoms with E-state index in [-0.39, 0.29) is 0 Å². The summed E-state index contributed by atoms with van der Waals surface area (Å²) in [5.41, 5.74) is 3.51. The Morgan fingerprint density at radius 1 is 1.20 bits per heavy atom. The summed E-state index contributed by atoms with van der Waals surface area (Å²) in [7, 11) is 3.53. The molecule has 2 aromatic heterocycles. The fourth-order valence-corrected chi connectivity index (χ4v) is 2.90. The number of hydrogen-bond donors (Lipinski definition) is 3. The van der Waals surface area contributed by atoms with Gasteiger partial charge in [-0.15, -0.1) is 0 Å². The largest absolute Gasteiger partial charge is 0.376 e. The Balaban J connectivity index is 1.81. The highest BCUT2D eigenvalue weighted by molar-refractivity contribution is 7.80. The molecular formula is C21H23N7OS. The number of aromatic nitrogens is 3. The number of nitrogens with zero attached hydrogens (tertiary/aromatic N) is 4. The van der Waals surface area contributed by atoms with Gasteiger partial charge >= 0.3 is 0 Å². The maximum atomic E-state index is 7.82. The molecule has 0 bridgehead atoms. The van der Waals surface area contributed by atoms with Crippen molar-refractivity contribution in [2.45, 2.75) is 6.54 Å². The summed E-state index contributed by atoms with van der Waals surface area (Å²) in [5, 5.41) is 14.1. The Morgan fingerprint density at radius 2 is 2.00 bits per heavy atom. The van der Waals surface area contributed by atoms with E-state index in [4.69, 9.17) is 22.4 Å². The number of anilines is 1. The molecule has 30 heavy (non-hydrogen) atoms. The van der Waals surface area contributed by atoms with Crippen molar-refractivity contribution >= 4 is 46.1 Å². The van der Waals surface area contributed by atoms with Crippen LogP contribution in [0.2, 0.25) is 0 Å². The number of methoxy groups -OCH3 is 1. The minimum Gasteiger partial charge on any atom is -0.376 e. The van der Waals surface area contributed by atoms with E-state index >= 15 is 0 Å². The first kappa shape index (κ1) is 21.3. The molecule has 1 aromatic carbocycles. The normalized spacial score (nSPS) is 11.2. The van der Waals surface area contributed by atoms with Gasteiger partial charge in [-0.1, -0.05) is 30.3 Å². The van der Waals surface area contributed by atoms with Crippen LogP contribution in [0.25, 0.3) is 16.7 Å². The first-order valence-electron chi connectivity index (χ1n) is 9.23. The second-order valence-electron chi connectivity index (χ2n) is 6.49. The maximum Gasteiger partial charge on any atom is 0.180 e. The maximum absolute atomic E-state index is 7.82. The second-order valence-corrected chi connectivity index (χ2v) is 6.90. The number of ether oxygens (including phenoxy) is 1. The van der Waals surface area contributed by atoms with Crippen LogP contribution < -0.4 is 10.6 Å². The molecule has 9 heteroatoms. The predicted octanol–water partition coefficient (Wildman–Crippen LogP) is 3.04. The zero-order valence-electron chi connectivity index (χ0n) is 16.8. The van der Waals surface area contributed by atoms with Crippen LogP contribution in [-0.4, -0.2) is 52.1 Å². The Bertz CT molecular complexity index is 1060. The molecule has 0 aliphatic rings.